The van der Waals surface area contributed by atoms with Crippen LogP contribution < -0.4 is 0 Å². The van der Waals surface area contributed by atoms with E-state index in [-0.39, 0.29) is 0 Å². The van der Waals surface area contributed by atoms with Gasteiger partial charge in [0, 0.05) is 12.3 Å². The average molecular weight is 176 g/mol. The van der Waals surface area contributed by atoms with Gasteiger partial charge in [-0.15, -0.1) is 0 Å². The summed E-state index contributed by atoms with van der Waals surface area (Å²) < 4.78 is 4.91. The predicted molar refractivity (Wildman–Crippen MR) is 33.9 cm³/mol. The summed E-state index contributed by atoms with van der Waals surface area (Å²) in [7, 11) is 0. The number of aromatic nitrogens is 1. The minimum absolute atomic E-state index is 0.722. The molecular weight excluding hydrogens is 170 g/mol. The first-order valence-corrected chi connectivity index (χ1v) is 3.42. The van der Waals surface area contributed by atoms with E-state index in [0.717, 1.165) is 16.9 Å². The van der Waals surface area contributed by atoms with Crippen molar-refractivity contribution in [3.63, 3.8) is 0 Å². The Morgan fingerprint density at radius 2 is 2.62 bits per heavy atom. The summed E-state index contributed by atoms with van der Waals surface area (Å²) in [6, 6.07) is 0. The minimum Gasteiger partial charge on any atom is -0.449 e. The molecule has 0 atom stereocenters. The fraction of sp³-hybridized carbons (Fsp3) is 0.400. The van der Waals surface area contributed by atoms with Gasteiger partial charge in [-0.3, -0.25) is 0 Å². The molecule has 44 valence electrons. The van der Waals surface area contributed by atoms with Crippen LogP contribution >= 0.6 is 15.9 Å². The number of hydrogen-bond donors (Lipinski definition) is 0. The third-order valence-corrected chi connectivity index (χ3v) is 1.38. The number of alkyl halides is 1. The zero-order valence-electron chi connectivity index (χ0n) is 4.52. The van der Waals surface area contributed by atoms with Crippen LogP contribution in [0.1, 0.15) is 11.6 Å². The van der Waals surface area contributed by atoms with Crippen LogP contribution in [0.15, 0.2) is 10.7 Å². The normalized spacial score (nSPS) is 9.75. The molecule has 8 heavy (non-hydrogen) atoms. The Hall–Kier alpha value is -0.310. The summed E-state index contributed by atoms with van der Waals surface area (Å²) in [5.41, 5.74) is 0.947. The molecular formula is C5H6BrNO. The molecule has 0 radical (unpaired) electrons. The summed E-state index contributed by atoms with van der Waals surface area (Å²) in [6.07, 6.45) is 1.64. The van der Waals surface area contributed by atoms with Crippen molar-refractivity contribution in [1.29, 1.82) is 0 Å². The average Bonchev–Trinajstić information content (AvgIpc) is 2.14. The van der Waals surface area contributed by atoms with E-state index >= 15 is 0 Å². The van der Waals surface area contributed by atoms with Crippen LogP contribution in [-0.2, 0) is 5.33 Å². The summed E-state index contributed by atoms with van der Waals surface area (Å²) >= 11 is 3.25. The second-order valence-electron chi connectivity index (χ2n) is 1.49. The van der Waals surface area contributed by atoms with Crippen molar-refractivity contribution < 1.29 is 4.42 Å². The molecule has 0 aliphatic heterocycles. The highest BCUT2D eigenvalue weighted by Gasteiger charge is 1.93. The molecule has 1 rings (SSSR count). The van der Waals surface area contributed by atoms with Gasteiger partial charge in [0.05, 0.1) is 5.69 Å². The van der Waals surface area contributed by atoms with Gasteiger partial charge in [-0.05, 0) is 0 Å². The Balaban J connectivity index is 2.84. The first kappa shape index (κ1) is 5.82. The molecule has 0 saturated heterocycles. The van der Waals surface area contributed by atoms with Gasteiger partial charge in [0.2, 0.25) is 0 Å². The van der Waals surface area contributed by atoms with E-state index in [2.05, 4.69) is 20.9 Å². The molecule has 0 N–H and O–H groups in total. The lowest BCUT2D eigenvalue weighted by molar-refractivity contribution is 0.521. The van der Waals surface area contributed by atoms with Gasteiger partial charge in [0.15, 0.2) is 5.89 Å². The van der Waals surface area contributed by atoms with E-state index in [9.17, 15) is 0 Å². The third-order valence-electron chi connectivity index (χ3n) is 0.803. The standard InChI is InChI=1S/C5H6BrNO/c1-4-7-5(2-6)3-8-4/h3H,2H2,1H3. The highest BCUT2D eigenvalue weighted by Crippen LogP contribution is 2.03. The Bertz CT molecular complexity index is 173. The molecule has 0 spiro atoms. The number of hydrogen-bond acceptors (Lipinski definition) is 2. The number of aryl methyl sites for hydroxylation is 1. The van der Waals surface area contributed by atoms with Crippen molar-refractivity contribution in [2.75, 3.05) is 0 Å². The second-order valence-corrected chi connectivity index (χ2v) is 2.05. The van der Waals surface area contributed by atoms with E-state index in [1.807, 2.05) is 6.92 Å². The molecule has 1 heterocycles. The van der Waals surface area contributed by atoms with E-state index in [1.165, 1.54) is 0 Å². The number of oxazole rings is 1. The van der Waals surface area contributed by atoms with Crippen LogP contribution in [0.2, 0.25) is 0 Å². The Morgan fingerprint density at radius 3 is 2.88 bits per heavy atom. The molecule has 2 nitrogen and oxygen atoms in total. The summed E-state index contributed by atoms with van der Waals surface area (Å²) in [5, 5.41) is 0.768. The van der Waals surface area contributed by atoms with Crippen LogP contribution in [0.25, 0.3) is 0 Å². The lowest BCUT2D eigenvalue weighted by Gasteiger charge is -1.75. The van der Waals surface area contributed by atoms with E-state index in [4.69, 9.17) is 4.42 Å². The quantitative estimate of drug-likeness (QED) is 0.610. The van der Waals surface area contributed by atoms with Gasteiger partial charge in [0.1, 0.15) is 6.26 Å². The van der Waals surface area contributed by atoms with Gasteiger partial charge in [-0.1, -0.05) is 15.9 Å². The lowest BCUT2D eigenvalue weighted by atomic mass is 10.6. The van der Waals surface area contributed by atoms with Crippen LogP contribution in [0.4, 0.5) is 0 Å². The van der Waals surface area contributed by atoms with Gasteiger partial charge in [-0.2, -0.15) is 0 Å². The molecule has 1 aromatic rings. The first-order valence-electron chi connectivity index (χ1n) is 2.30. The minimum atomic E-state index is 0.722. The maximum absolute atomic E-state index is 4.91. The zero-order valence-corrected chi connectivity index (χ0v) is 6.10. The molecule has 0 amide bonds. The maximum atomic E-state index is 4.91. The number of halogens is 1. The Kier molecular flexibility index (Phi) is 1.68. The molecule has 0 unspecified atom stereocenters. The van der Waals surface area contributed by atoms with Gasteiger partial charge in [-0.25, -0.2) is 4.98 Å². The molecule has 0 saturated carbocycles. The molecule has 0 aromatic carbocycles. The largest absolute Gasteiger partial charge is 0.449 e. The van der Waals surface area contributed by atoms with Crippen LogP contribution in [0, 0.1) is 6.92 Å². The molecule has 0 aliphatic carbocycles. The zero-order chi connectivity index (χ0) is 5.98. The van der Waals surface area contributed by atoms with Crippen molar-refractivity contribution in [2.45, 2.75) is 12.3 Å². The van der Waals surface area contributed by atoms with E-state index in [1.54, 1.807) is 6.26 Å². The fourth-order valence-corrected chi connectivity index (χ4v) is 0.727. The van der Waals surface area contributed by atoms with Gasteiger partial charge < -0.3 is 4.42 Å². The molecule has 0 bridgehead atoms. The van der Waals surface area contributed by atoms with Crippen LogP contribution in [-0.4, -0.2) is 4.98 Å². The Morgan fingerprint density at radius 1 is 1.88 bits per heavy atom. The first-order chi connectivity index (χ1) is 3.83. The maximum Gasteiger partial charge on any atom is 0.191 e. The highest BCUT2D eigenvalue weighted by atomic mass is 79.9. The molecule has 0 fully saturated rings. The highest BCUT2D eigenvalue weighted by molar-refractivity contribution is 9.08. The lowest BCUT2D eigenvalue weighted by Crippen LogP contribution is -1.73. The summed E-state index contributed by atoms with van der Waals surface area (Å²) in [6.45, 7) is 1.83. The van der Waals surface area contributed by atoms with Crippen molar-refractivity contribution in [2.24, 2.45) is 0 Å². The fourth-order valence-electron chi connectivity index (χ4n) is 0.470. The van der Waals surface area contributed by atoms with Crippen LogP contribution in [0.5, 0.6) is 0 Å². The van der Waals surface area contributed by atoms with Gasteiger partial charge in [0.25, 0.3) is 0 Å². The van der Waals surface area contributed by atoms with Crippen molar-refractivity contribution >= 4 is 15.9 Å². The molecule has 3 heteroatoms. The molecule has 0 aliphatic rings. The van der Waals surface area contributed by atoms with Gasteiger partial charge >= 0.3 is 0 Å². The van der Waals surface area contributed by atoms with E-state index < -0.39 is 0 Å². The topological polar surface area (TPSA) is 26.0 Å². The number of nitrogens with zero attached hydrogens (tertiary/aromatic N) is 1. The monoisotopic (exact) mass is 175 g/mol. The summed E-state index contributed by atoms with van der Waals surface area (Å²) in [4.78, 5) is 4.02. The smallest absolute Gasteiger partial charge is 0.191 e. The SMILES string of the molecule is Cc1nc(CBr)co1. The predicted octanol–water partition coefficient (Wildman–Crippen LogP) is 1.88. The van der Waals surface area contributed by atoms with Crippen molar-refractivity contribution in [3.8, 4) is 0 Å². The molecule has 1 aromatic heterocycles. The second kappa shape index (κ2) is 2.31. The third kappa shape index (κ3) is 1.10. The van der Waals surface area contributed by atoms with E-state index in [0.29, 0.717) is 0 Å². The summed E-state index contributed by atoms with van der Waals surface area (Å²) in [5.74, 6) is 0.722. The van der Waals surface area contributed by atoms with Crippen LogP contribution in [0.3, 0.4) is 0 Å². The van der Waals surface area contributed by atoms with Crippen molar-refractivity contribution in [3.05, 3.63) is 17.8 Å². The number of rotatable bonds is 1. The van der Waals surface area contributed by atoms with Crippen molar-refractivity contribution in [1.82, 2.24) is 4.98 Å². The Labute approximate surface area is 56.0 Å².